The van der Waals surface area contributed by atoms with Crippen LogP contribution >= 0.6 is 0 Å². The average Bonchev–Trinajstić information content (AvgIpc) is 2.43. The Balaban J connectivity index is 1.97. The summed E-state index contributed by atoms with van der Waals surface area (Å²) in [7, 11) is 0. The van der Waals surface area contributed by atoms with Crippen molar-refractivity contribution >= 4 is 5.78 Å². The van der Waals surface area contributed by atoms with Crippen LogP contribution in [-0.4, -0.2) is 5.78 Å². The lowest BCUT2D eigenvalue weighted by Crippen LogP contribution is -2.47. The van der Waals surface area contributed by atoms with Gasteiger partial charge in [-0.25, -0.2) is 0 Å². The fraction of sp³-hybridized carbons (Fsp3) is 0.900. The molecule has 0 amide bonds. The van der Waals surface area contributed by atoms with Crippen LogP contribution in [0.1, 0.15) is 38.5 Å². The molecule has 0 aliphatic heterocycles. The lowest BCUT2D eigenvalue weighted by molar-refractivity contribution is -0.140. The molecule has 1 nitrogen and oxygen atoms in total. The van der Waals surface area contributed by atoms with Crippen molar-refractivity contribution in [3.05, 3.63) is 0 Å². The number of hydrogen-bond donors (Lipinski definition) is 0. The summed E-state index contributed by atoms with van der Waals surface area (Å²) in [5.74, 6) is 1.96. The predicted molar refractivity (Wildman–Crippen MR) is 42.1 cm³/mol. The molecule has 1 heteroatoms. The second kappa shape index (κ2) is 1.70. The zero-order chi connectivity index (χ0) is 7.47. The van der Waals surface area contributed by atoms with E-state index in [1.54, 1.807) is 0 Å². The van der Waals surface area contributed by atoms with Gasteiger partial charge in [0.2, 0.25) is 0 Å². The minimum atomic E-state index is 0.538. The van der Waals surface area contributed by atoms with Crippen molar-refractivity contribution in [2.75, 3.05) is 0 Å². The highest BCUT2D eigenvalue weighted by molar-refractivity contribution is 5.84. The lowest BCUT2D eigenvalue weighted by Gasteiger charge is -2.49. The van der Waals surface area contributed by atoms with E-state index in [-0.39, 0.29) is 0 Å². The molecule has 11 heavy (non-hydrogen) atoms. The Bertz CT molecular complexity index is 217. The van der Waals surface area contributed by atoms with Gasteiger partial charge in [0.05, 0.1) is 0 Å². The van der Waals surface area contributed by atoms with Gasteiger partial charge in [-0.05, 0) is 43.4 Å². The Morgan fingerprint density at radius 1 is 1.36 bits per heavy atom. The van der Waals surface area contributed by atoms with Gasteiger partial charge in [0.15, 0.2) is 0 Å². The molecule has 4 rings (SSSR count). The quantitative estimate of drug-likeness (QED) is 0.517. The van der Waals surface area contributed by atoms with Gasteiger partial charge in [-0.1, -0.05) is 0 Å². The standard InChI is InChI=1S/C10H14O/c11-8-2-1-4-10-5-3-7(6-10)9(8)10/h7,9H,1-6H2/t7-,9+,10+/m1/s1. The van der Waals surface area contributed by atoms with Crippen molar-refractivity contribution in [3.63, 3.8) is 0 Å². The van der Waals surface area contributed by atoms with Crippen LogP contribution in [0.15, 0.2) is 0 Å². The molecule has 4 aliphatic carbocycles. The first-order valence-corrected chi connectivity index (χ1v) is 4.85. The highest BCUT2D eigenvalue weighted by Gasteiger charge is 2.62. The van der Waals surface area contributed by atoms with Crippen LogP contribution in [0.5, 0.6) is 0 Å². The summed E-state index contributed by atoms with van der Waals surface area (Å²) in [5, 5.41) is 0. The summed E-state index contributed by atoms with van der Waals surface area (Å²) in [6.07, 6.45) is 7.55. The molecule has 0 saturated heterocycles. The number of carbonyl (C=O) groups is 1. The van der Waals surface area contributed by atoms with E-state index in [1.165, 1.54) is 32.1 Å². The van der Waals surface area contributed by atoms with E-state index in [2.05, 4.69) is 0 Å². The van der Waals surface area contributed by atoms with Crippen LogP contribution in [0, 0.1) is 17.3 Å². The lowest BCUT2D eigenvalue weighted by atomic mass is 9.54. The van der Waals surface area contributed by atoms with Crippen LogP contribution in [0.25, 0.3) is 0 Å². The van der Waals surface area contributed by atoms with Crippen molar-refractivity contribution in [1.29, 1.82) is 0 Å². The molecule has 0 aromatic rings. The van der Waals surface area contributed by atoms with Crippen molar-refractivity contribution < 1.29 is 4.79 Å². The van der Waals surface area contributed by atoms with Crippen LogP contribution in [0.2, 0.25) is 0 Å². The Kier molecular flexibility index (Phi) is 0.961. The van der Waals surface area contributed by atoms with Gasteiger partial charge in [-0.3, -0.25) is 4.79 Å². The molecule has 60 valence electrons. The number of rotatable bonds is 0. The van der Waals surface area contributed by atoms with E-state index < -0.39 is 0 Å². The third kappa shape index (κ3) is 0.567. The minimum absolute atomic E-state index is 0.538. The second-order valence-corrected chi connectivity index (χ2v) is 4.66. The van der Waals surface area contributed by atoms with Crippen molar-refractivity contribution in [2.24, 2.45) is 17.3 Å². The van der Waals surface area contributed by atoms with Gasteiger partial charge in [0.1, 0.15) is 5.78 Å². The average molecular weight is 150 g/mol. The number of Topliss-reactive ketones (excluding diaryl/α,β-unsaturated/α-hetero) is 1. The first-order valence-electron chi connectivity index (χ1n) is 4.85. The SMILES string of the molecule is O=C1CCC[C@]23CC[C@H](C2)[C@@H]13. The Morgan fingerprint density at radius 2 is 2.27 bits per heavy atom. The van der Waals surface area contributed by atoms with Gasteiger partial charge in [-0.2, -0.15) is 0 Å². The van der Waals surface area contributed by atoms with E-state index in [9.17, 15) is 4.79 Å². The first-order chi connectivity index (χ1) is 5.32. The van der Waals surface area contributed by atoms with E-state index in [0.29, 0.717) is 17.1 Å². The molecule has 0 unspecified atom stereocenters. The van der Waals surface area contributed by atoms with E-state index in [0.717, 1.165) is 12.3 Å². The number of ketones is 1. The predicted octanol–water partition coefficient (Wildman–Crippen LogP) is 2.16. The van der Waals surface area contributed by atoms with Crippen LogP contribution < -0.4 is 0 Å². The third-order valence-electron chi connectivity index (χ3n) is 4.26. The normalized spacial score (nSPS) is 53.6. The number of fused-ring (bicyclic) bond motifs is 1. The summed E-state index contributed by atoms with van der Waals surface area (Å²) in [5.41, 5.74) is 0.556. The highest BCUT2D eigenvalue weighted by atomic mass is 16.1. The van der Waals surface area contributed by atoms with E-state index in [4.69, 9.17) is 0 Å². The summed E-state index contributed by atoms with van der Waals surface area (Å²) in [6, 6.07) is 0. The summed E-state index contributed by atoms with van der Waals surface area (Å²) >= 11 is 0. The summed E-state index contributed by atoms with van der Waals surface area (Å²) < 4.78 is 0. The zero-order valence-electron chi connectivity index (χ0n) is 6.81. The molecule has 0 heterocycles. The van der Waals surface area contributed by atoms with Crippen LogP contribution in [-0.2, 0) is 4.79 Å². The van der Waals surface area contributed by atoms with Gasteiger partial charge >= 0.3 is 0 Å². The molecule has 0 aromatic carbocycles. The van der Waals surface area contributed by atoms with Crippen molar-refractivity contribution in [3.8, 4) is 0 Å². The molecule has 4 saturated carbocycles. The molecule has 0 radical (unpaired) electrons. The largest absolute Gasteiger partial charge is 0.299 e. The van der Waals surface area contributed by atoms with Gasteiger partial charge in [-0.15, -0.1) is 0 Å². The van der Waals surface area contributed by atoms with E-state index in [1.807, 2.05) is 0 Å². The van der Waals surface area contributed by atoms with Crippen LogP contribution in [0.3, 0.4) is 0 Å². The van der Waals surface area contributed by atoms with Crippen molar-refractivity contribution in [2.45, 2.75) is 38.5 Å². The Labute approximate surface area is 67.2 Å². The van der Waals surface area contributed by atoms with Gasteiger partial charge < -0.3 is 0 Å². The van der Waals surface area contributed by atoms with Gasteiger partial charge in [0, 0.05) is 12.3 Å². The van der Waals surface area contributed by atoms with E-state index >= 15 is 0 Å². The molecule has 4 fully saturated rings. The maximum atomic E-state index is 11.5. The third-order valence-corrected chi connectivity index (χ3v) is 4.26. The highest BCUT2D eigenvalue weighted by Crippen LogP contribution is 2.67. The number of hydrogen-bond acceptors (Lipinski definition) is 1. The molecular weight excluding hydrogens is 136 g/mol. The molecule has 3 atom stereocenters. The molecule has 2 bridgehead atoms. The molecular formula is C10H14O. The number of carbonyl (C=O) groups excluding carboxylic acids is 1. The fourth-order valence-corrected chi connectivity index (χ4v) is 3.86. The summed E-state index contributed by atoms with van der Waals surface area (Å²) in [6.45, 7) is 0. The van der Waals surface area contributed by atoms with Crippen molar-refractivity contribution in [1.82, 2.24) is 0 Å². The summed E-state index contributed by atoms with van der Waals surface area (Å²) in [4.78, 5) is 11.5. The maximum Gasteiger partial charge on any atom is 0.136 e. The minimum Gasteiger partial charge on any atom is -0.299 e. The van der Waals surface area contributed by atoms with Gasteiger partial charge in [0.25, 0.3) is 0 Å². The monoisotopic (exact) mass is 150 g/mol. The fourth-order valence-electron chi connectivity index (χ4n) is 3.86. The smallest absolute Gasteiger partial charge is 0.136 e. The second-order valence-electron chi connectivity index (χ2n) is 4.66. The van der Waals surface area contributed by atoms with Crippen LogP contribution in [0.4, 0.5) is 0 Å². The Morgan fingerprint density at radius 3 is 3.00 bits per heavy atom. The Hall–Kier alpha value is -0.330. The topological polar surface area (TPSA) is 17.1 Å². The molecule has 0 aromatic heterocycles. The molecule has 1 spiro atoms. The zero-order valence-corrected chi connectivity index (χ0v) is 6.81. The maximum absolute atomic E-state index is 11.5. The molecule has 4 aliphatic rings. The molecule has 0 N–H and O–H groups in total. The first kappa shape index (κ1) is 6.22.